The van der Waals surface area contributed by atoms with E-state index in [1.165, 1.54) is 9.21 Å². The highest BCUT2D eigenvalue weighted by atomic mass is 35.5. The van der Waals surface area contributed by atoms with E-state index in [0.29, 0.717) is 15.6 Å². The summed E-state index contributed by atoms with van der Waals surface area (Å²) in [5.41, 5.74) is 6.21. The molecule has 3 rings (SSSR count). The van der Waals surface area contributed by atoms with Crippen LogP contribution in [0.1, 0.15) is 43.6 Å². The van der Waals surface area contributed by atoms with Crippen LogP contribution in [0.4, 0.5) is 4.79 Å². The minimum atomic E-state index is -0.977. The number of rotatable bonds is 11. The molecule has 3 atom stereocenters. The van der Waals surface area contributed by atoms with Crippen molar-refractivity contribution >= 4 is 59.0 Å². The number of ether oxygens (including phenoxy) is 1. The third kappa shape index (κ3) is 8.26. The summed E-state index contributed by atoms with van der Waals surface area (Å²) in [7, 11) is 0. The number of urea groups is 1. The van der Waals surface area contributed by atoms with Crippen molar-refractivity contribution in [3.05, 3.63) is 69.7 Å². The van der Waals surface area contributed by atoms with Gasteiger partial charge in [-0.25, -0.2) is 9.59 Å². The minimum absolute atomic E-state index is 0.125. The number of esters is 1. The van der Waals surface area contributed by atoms with Crippen LogP contribution in [-0.4, -0.2) is 57.3 Å². The minimum Gasteiger partial charge on any atom is -0.442 e. The molecule has 4 amide bonds. The van der Waals surface area contributed by atoms with Crippen molar-refractivity contribution in [2.24, 2.45) is 17.6 Å². The fourth-order valence-electron chi connectivity index (χ4n) is 3.62. The van der Waals surface area contributed by atoms with Crippen LogP contribution in [0.2, 0.25) is 10.0 Å². The van der Waals surface area contributed by atoms with Gasteiger partial charge in [0.05, 0.1) is 12.6 Å². The van der Waals surface area contributed by atoms with Crippen molar-refractivity contribution in [1.29, 1.82) is 0 Å². The van der Waals surface area contributed by atoms with Gasteiger partial charge < -0.3 is 21.1 Å². The number of nitrogens with one attached hydrogen (secondary N) is 2. The molecule has 1 aliphatic rings. The molecule has 1 heterocycles. The number of carbonyl (C=O) groups is 4. The molecule has 1 unspecified atom stereocenters. The number of halogens is 2. The number of nitrogens with two attached hydrogens (primary N) is 1. The van der Waals surface area contributed by atoms with Crippen molar-refractivity contribution in [2.45, 2.75) is 51.8 Å². The molecule has 0 bridgehead atoms. The van der Waals surface area contributed by atoms with E-state index in [1.54, 1.807) is 76.2 Å². The van der Waals surface area contributed by atoms with E-state index in [0.717, 1.165) is 17.5 Å². The number of amides is 4. The fourth-order valence-corrected chi connectivity index (χ4v) is 4.96. The molecule has 0 radical (unpaired) electrons. The van der Waals surface area contributed by atoms with E-state index in [2.05, 4.69) is 10.6 Å². The first-order chi connectivity index (χ1) is 18.9. The highest BCUT2D eigenvalue weighted by Crippen LogP contribution is 2.32. The Labute approximate surface area is 248 Å². The SMILES string of the molecule is CC(C)[C@H](N)C(=O)N[C@H](C(=O)OCN1C(=O)N(Cc2ccc(Cl)cc2)SC1NC(=O)c1ccc(Cl)cc1)C(C)C. The van der Waals surface area contributed by atoms with Crippen LogP contribution in [0, 0.1) is 11.8 Å². The van der Waals surface area contributed by atoms with Crippen LogP contribution < -0.4 is 16.4 Å². The Morgan fingerprint density at radius 3 is 2.10 bits per heavy atom. The summed E-state index contributed by atoms with van der Waals surface area (Å²) < 4.78 is 6.94. The number of benzene rings is 2. The quantitative estimate of drug-likeness (QED) is 0.256. The van der Waals surface area contributed by atoms with Crippen molar-refractivity contribution in [2.75, 3.05) is 6.73 Å². The maximum absolute atomic E-state index is 13.4. The largest absolute Gasteiger partial charge is 0.442 e. The number of hydrogen-bond donors (Lipinski definition) is 3. The summed E-state index contributed by atoms with van der Waals surface area (Å²) in [4.78, 5) is 53.0. The molecule has 0 spiro atoms. The third-order valence-electron chi connectivity index (χ3n) is 6.15. The molecular formula is C27H33Cl2N5O5S. The van der Waals surface area contributed by atoms with Crippen LogP contribution in [0.5, 0.6) is 0 Å². The van der Waals surface area contributed by atoms with Gasteiger partial charge in [0, 0.05) is 27.6 Å². The smallest absolute Gasteiger partial charge is 0.335 e. The maximum Gasteiger partial charge on any atom is 0.335 e. The van der Waals surface area contributed by atoms with E-state index >= 15 is 0 Å². The van der Waals surface area contributed by atoms with Crippen LogP contribution >= 0.6 is 35.1 Å². The number of hydrogen-bond acceptors (Lipinski definition) is 7. The van der Waals surface area contributed by atoms with Gasteiger partial charge >= 0.3 is 12.0 Å². The van der Waals surface area contributed by atoms with Crippen molar-refractivity contribution in [3.63, 3.8) is 0 Å². The molecule has 2 aromatic rings. The molecule has 1 fully saturated rings. The number of carbonyl (C=O) groups excluding carboxylic acids is 4. The summed E-state index contributed by atoms with van der Waals surface area (Å²) in [5.74, 6) is -2.07. The highest BCUT2D eigenvalue weighted by molar-refractivity contribution is 7.98. The normalized spacial score (nSPS) is 16.7. The molecule has 10 nitrogen and oxygen atoms in total. The third-order valence-corrected chi connectivity index (χ3v) is 7.77. The van der Waals surface area contributed by atoms with Crippen LogP contribution in [0.25, 0.3) is 0 Å². The molecule has 0 saturated carbocycles. The molecule has 0 aliphatic carbocycles. The molecular weight excluding hydrogens is 577 g/mol. The predicted molar refractivity (Wildman–Crippen MR) is 155 cm³/mol. The zero-order valence-electron chi connectivity index (χ0n) is 22.6. The van der Waals surface area contributed by atoms with Crippen molar-refractivity contribution in [1.82, 2.24) is 19.8 Å². The Balaban J connectivity index is 1.75. The average Bonchev–Trinajstić information content (AvgIpc) is 3.19. The second-order valence-corrected chi connectivity index (χ2v) is 11.9. The Morgan fingerprint density at radius 1 is 0.975 bits per heavy atom. The lowest BCUT2D eigenvalue weighted by Crippen LogP contribution is -2.53. The Hall–Kier alpha value is -2.99. The molecule has 2 aromatic carbocycles. The lowest BCUT2D eigenvalue weighted by atomic mass is 10.0. The molecule has 40 heavy (non-hydrogen) atoms. The zero-order valence-corrected chi connectivity index (χ0v) is 24.9. The lowest BCUT2D eigenvalue weighted by Gasteiger charge is -2.26. The molecule has 4 N–H and O–H groups in total. The predicted octanol–water partition coefficient (Wildman–Crippen LogP) is 4.22. The van der Waals surface area contributed by atoms with E-state index in [4.69, 9.17) is 33.7 Å². The van der Waals surface area contributed by atoms with Gasteiger partial charge in [-0.2, -0.15) is 0 Å². The summed E-state index contributed by atoms with van der Waals surface area (Å²) in [5, 5.41) is 6.49. The second kappa shape index (κ2) is 14.1. The van der Waals surface area contributed by atoms with Gasteiger partial charge in [0.2, 0.25) is 5.91 Å². The Kier molecular flexibility index (Phi) is 11.1. The average molecular weight is 611 g/mol. The number of nitrogens with zero attached hydrogens (tertiary/aromatic N) is 2. The van der Waals surface area contributed by atoms with Gasteiger partial charge in [0.15, 0.2) is 12.2 Å². The first kappa shape index (κ1) is 31.5. The summed E-state index contributed by atoms with van der Waals surface area (Å²) in [6, 6.07) is 11.1. The van der Waals surface area contributed by atoms with Gasteiger partial charge in [-0.1, -0.05) is 63.0 Å². The molecule has 13 heteroatoms. The summed E-state index contributed by atoms with van der Waals surface area (Å²) in [6.45, 7) is 6.88. The van der Waals surface area contributed by atoms with Gasteiger partial charge in [-0.05, 0) is 53.8 Å². The van der Waals surface area contributed by atoms with E-state index in [1.807, 2.05) is 0 Å². The second-order valence-electron chi connectivity index (χ2n) is 9.95. The van der Waals surface area contributed by atoms with Gasteiger partial charge in [-0.15, -0.1) is 0 Å². The standard InChI is InChI=1S/C27H33Cl2N5O5S/c1-15(2)21(30)24(36)31-22(16(3)4)25(37)39-14-33-26(32-23(35)18-7-11-20(29)12-8-18)40-34(27(33)38)13-17-5-9-19(28)10-6-17/h5-12,15-16,21-22,26H,13-14,30H2,1-4H3,(H,31,36)(H,32,35)/t21-,22-,26?/m0/s1. The topological polar surface area (TPSA) is 134 Å². The molecule has 0 aromatic heterocycles. The van der Waals surface area contributed by atoms with Gasteiger partial charge in [0.1, 0.15) is 6.04 Å². The highest BCUT2D eigenvalue weighted by Gasteiger charge is 2.41. The van der Waals surface area contributed by atoms with Crippen LogP contribution in [0.15, 0.2) is 48.5 Å². The van der Waals surface area contributed by atoms with Crippen LogP contribution in [0.3, 0.4) is 0 Å². The fraction of sp³-hybridized carbons (Fsp3) is 0.407. The summed E-state index contributed by atoms with van der Waals surface area (Å²) >= 11 is 13.0. The maximum atomic E-state index is 13.4. The van der Waals surface area contributed by atoms with Gasteiger partial charge in [-0.3, -0.25) is 18.8 Å². The zero-order chi connectivity index (χ0) is 29.6. The van der Waals surface area contributed by atoms with E-state index in [9.17, 15) is 19.2 Å². The Morgan fingerprint density at radius 2 is 1.55 bits per heavy atom. The Bertz CT molecular complexity index is 1210. The van der Waals surface area contributed by atoms with Crippen molar-refractivity contribution < 1.29 is 23.9 Å². The van der Waals surface area contributed by atoms with E-state index in [-0.39, 0.29) is 18.4 Å². The van der Waals surface area contributed by atoms with E-state index < -0.39 is 48.1 Å². The van der Waals surface area contributed by atoms with Crippen molar-refractivity contribution in [3.8, 4) is 0 Å². The van der Waals surface area contributed by atoms with Crippen LogP contribution in [-0.2, 0) is 20.9 Å². The first-order valence-electron chi connectivity index (χ1n) is 12.7. The molecule has 1 aliphatic heterocycles. The molecule has 216 valence electrons. The monoisotopic (exact) mass is 609 g/mol. The molecule has 1 saturated heterocycles. The lowest BCUT2D eigenvalue weighted by molar-refractivity contribution is -0.153. The van der Waals surface area contributed by atoms with Gasteiger partial charge in [0.25, 0.3) is 5.91 Å². The summed E-state index contributed by atoms with van der Waals surface area (Å²) in [6.07, 6.45) is 0. The first-order valence-corrected chi connectivity index (χ1v) is 14.2.